The van der Waals surface area contributed by atoms with Crippen molar-refractivity contribution in [1.29, 1.82) is 0 Å². The molecule has 1 fully saturated rings. The molecule has 112 valence electrons. The van der Waals surface area contributed by atoms with Crippen molar-refractivity contribution in [3.8, 4) is 5.75 Å². The fourth-order valence-electron chi connectivity index (χ4n) is 2.37. The molecule has 0 radical (unpaired) electrons. The van der Waals surface area contributed by atoms with E-state index in [1.54, 1.807) is 0 Å². The van der Waals surface area contributed by atoms with Crippen LogP contribution in [0.3, 0.4) is 0 Å². The minimum absolute atomic E-state index is 0.326. The fourth-order valence-corrected chi connectivity index (χ4v) is 3.54. The van der Waals surface area contributed by atoms with E-state index in [-0.39, 0.29) is 0 Å². The Morgan fingerprint density at radius 3 is 2.70 bits per heavy atom. The van der Waals surface area contributed by atoms with Gasteiger partial charge >= 0.3 is 0 Å². The lowest BCUT2D eigenvalue weighted by molar-refractivity contribution is 0.0561. The van der Waals surface area contributed by atoms with Gasteiger partial charge in [-0.2, -0.15) is 0 Å². The highest BCUT2D eigenvalue weighted by molar-refractivity contribution is 9.11. The second kappa shape index (κ2) is 7.78. The molecule has 0 amide bonds. The molecular formula is C15H21Br2NO2. The molecule has 2 rings (SSSR count). The normalized spacial score (nSPS) is 19.0. The van der Waals surface area contributed by atoms with Crippen molar-refractivity contribution in [3.63, 3.8) is 0 Å². The standard InChI is InChI=1S/C15H21Br2NO2/c1-11-4-6-18(7-5-11)9-13(19)10-20-15-3-2-12(16)8-14(15)17/h2-3,8,11,13,19H,4-7,9-10H2,1H3/t13-/m1/s1. The number of halogens is 2. The zero-order chi connectivity index (χ0) is 14.5. The molecule has 1 atom stereocenters. The Bertz CT molecular complexity index is 434. The molecule has 0 saturated carbocycles. The first-order valence-electron chi connectivity index (χ1n) is 7.03. The zero-order valence-corrected chi connectivity index (χ0v) is 14.9. The van der Waals surface area contributed by atoms with E-state index in [4.69, 9.17) is 4.74 Å². The third-order valence-corrected chi connectivity index (χ3v) is 4.78. The summed E-state index contributed by atoms with van der Waals surface area (Å²) in [5.41, 5.74) is 0. The summed E-state index contributed by atoms with van der Waals surface area (Å²) in [6, 6.07) is 5.76. The second-order valence-electron chi connectivity index (χ2n) is 5.52. The van der Waals surface area contributed by atoms with E-state index in [2.05, 4.69) is 43.7 Å². The molecule has 1 aromatic rings. The van der Waals surface area contributed by atoms with E-state index < -0.39 is 6.10 Å². The smallest absolute Gasteiger partial charge is 0.133 e. The molecule has 1 saturated heterocycles. The number of β-amino-alcohol motifs (C(OH)–C–C–N with tert-alkyl or cyclic N) is 1. The molecule has 20 heavy (non-hydrogen) atoms. The van der Waals surface area contributed by atoms with Gasteiger partial charge in [-0.3, -0.25) is 0 Å². The number of aliphatic hydroxyl groups excluding tert-OH is 1. The molecule has 0 aliphatic carbocycles. The van der Waals surface area contributed by atoms with Crippen LogP contribution in [0.15, 0.2) is 27.1 Å². The Labute approximate surface area is 137 Å². The summed E-state index contributed by atoms with van der Waals surface area (Å²) >= 11 is 6.86. The molecule has 1 aliphatic heterocycles. The van der Waals surface area contributed by atoms with Crippen molar-refractivity contribution < 1.29 is 9.84 Å². The van der Waals surface area contributed by atoms with Gasteiger partial charge < -0.3 is 14.7 Å². The number of likely N-dealkylation sites (tertiary alicyclic amines) is 1. The SMILES string of the molecule is CC1CCN(C[C@@H](O)COc2ccc(Br)cc2Br)CC1. The lowest BCUT2D eigenvalue weighted by atomic mass is 9.99. The first kappa shape index (κ1) is 16.3. The predicted octanol–water partition coefficient (Wildman–Crippen LogP) is 3.68. The number of piperidine rings is 1. The Morgan fingerprint density at radius 2 is 2.05 bits per heavy atom. The lowest BCUT2D eigenvalue weighted by Gasteiger charge is -2.31. The van der Waals surface area contributed by atoms with E-state index in [0.29, 0.717) is 13.2 Å². The van der Waals surface area contributed by atoms with E-state index in [0.717, 1.165) is 33.7 Å². The first-order valence-corrected chi connectivity index (χ1v) is 8.61. The number of rotatable bonds is 5. The number of ether oxygens (including phenoxy) is 1. The van der Waals surface area contributed by atoms with E-state index in [1.165, 1.54) is 12.8 Å². The average Bonchev–Trinajstić information content (AvgIpc) is 2.40. The van der Waals surface area contributed by atoms with Gasteiger partial charge in [0.05, 0.1) is 4.47 Å². The molecule has 0 unspecified atom stereocenters. The Kier molecular flexibility index (Phi) is 6.33. The van der Waals surface area contributed by atoms with Crippen molar-refractivity contribution in [2.45, 2.75) is 25.9 Å². The van der Waals surface area contributed by atoms with Gasteiger partial charge in [-0.15, -0.1) is 0 Å². The van der Waals surface area contributed by atoms with Gasteiger partial charge in [0.1, 0.15) is 18.5 Å². The van der Waals surface area contributed by atoms with Crippen LogP contribution in [0.2, 0.25) is 0 Å². The van der Waals surface area contributed by atoms with E-state index in [1.807, 2.05) is 18.2 Å². The number of hydrogen-bond donors (Lipinski definition) is 1. The molecule has 5 heteroatoms. The van der Waals surface area contributed by atoms with Crippen molar-refractivity contribution in [3.05, 3.63) is 27.1 Å². The summed E-state index contributed by atoms with van der Waals surface area (Å²) in [6.45, 7) is 5.48. The van der Waals surface area contributed by atoms with Crippen molar-refractivity contribution >= 4 is 31.9 Å². The largest absolute Gasteiger partial charge is 0.490 e. The van der Waals surface area contributed by atoms with Gasteiger partial charge in [0.15, 0.2) is 0 Å². The van der Waals surface area contributed by atoms with Crippen molar-refractivity contribution in [2.75, 3.05) is 26.2 Å². The molecule has 1 N–H and O–H groups in total. The minimum Gasteiger partial charge on any atom is -0.490 e. The maximum atomic E-state index is 10.1. The summed E-state index contributed by atoms with van der Waals surface area (Å²) in [6.07, 6.45) is 2.01. The van der Waals surface area contributed by atoms with Crippen LogP contribution in [-0.2, 0) is 0 Å². The fraction of sp³-hybridized carbons (Fsp3) is 0.600. The van der Waals surface area contributed by atoms with Crippen LogP contribution in [0.1, 0.15) is 19.8 Å². The molecule has 3 nitrogen and oxygen atoms in total. The lowest BCUT2D eigenvalue weighted by Crippen LogP contribution is -2.40. The molecule has 0 bridgehead atoms. The van der Waals surface area contributed by atoms with Gasteiger partial charge in [0.25, 0.3) is 0 Å². The van der Waals surface area contributed by atoms with Crippen molar-refractivity contribution in [2.24, 2.45) is 5.92 Å². The third-order valence-electron chi connectivity index (χ3n) is 3.67. The first-order chi connectivity index (χ1) is 9.54. The zero-order valence-electron chi connectivity index (χ0n) is 11.7. The number of aliphatic hydroxyl groups is 1. The van der Waals surface area contributed by atoms with Gasteiger partial charge in [-0.05, 0) is 66.0 Å². The van der Waals surface area contributed by atoms with Crippen LogP contribution < -0.4 is 4.74 Å². The highest BCUT2D eigenvalue weighted by atomic mass is 79.9. The number of nitrogens with zero attached hydrogens (tertiary/aromatic N) is 1. The molecule has 1 aromatic carbocycles. The minimum atomic E-state index is -0.445. The number of benzene rings is 1. The molecular weight excluding hydrogens is 386 g/mol. The van der Waals surface area contributed by atoms with Crippen LogP contribution in [0.25, 0.3) is 0 Å². The summed E-state index contributed by atoms with van der Waals surface area (Å²) in [5.74, 6) is 1.58. The third kappa shape index (κ3) is 5.02. The second-order valence-corrected chi connectivity index (χ2v) is 7.29. The van der Waals surface area contributed by atoms with E-state index in [9.17, 15) is 5.11 Å². The molecule has 1 heterocycles. The molecule has 1 aliphatic rings. The highest BCUT2D eigenvalue weighted by Gasteiger charge is 2.18. The molecule has 0 aromatic heterocycles. The number of hydrogen-bond acceptors (Lipinski definition) is 3. The quantitative estimate of drug-likeness (QED) is 0.809. The van der Waals surface area contributed by atoms with E-state index >= 15 is 0 Å². The van der Waals surface area contributed by atoms with Crippen LogP contribution >= 0.6 is 31.9 Å². The maximum absolute atomic E-state index is 10.1. The van der Waals surface area contributed by atoms with Gasteiger partial charge in [-0.25, -0.2) is 0 Å². The predicted molar refractivity (Wildman–Crippen MR) is 88.2 cm³/mol. The van der Waals surface area contributed by atoms with Crippen LogP contribution in [0.5, 0.6) is 5.75 Å². The maximum Gasteiger partial charge on any atom is 0.133 e. The van der Waals surface area contributed by atoms with Gasteiger partial charge in [-0.1, -0.05) is 22.9 Å². The van der Waals surface area contributed by atoms with Crippen LogP contribution in [0.4, 0.5) is 0 Å². The van der Waals surface area contributed by atoms with Crippen LogP contribution in [0, 0.1) is 5.92 Å². The Balaban J connectivity index is 1.76. The average molecular weight is 407 g/mol. The van der Waals surface area contributed by atoms with Crippen LogP contribution in [-0.4, -0.2) is 42.4 Å². The van der Waals surface area contributed by atoms with Gasteiger partial charge in [0.2, 0.25) is 0 Å². The van der Waals surface area contributed by atoms with Crippen molar-refractivity contribution in [1.82, 2.24) is 4.90 Å². The summed E-state index contributed by atoms with van der Waals surface area (Å²) < 4.78 is 7.57. The summed E-state index contributed by atoms with van der Waals surface area (Å²) in [4.78, 5) is 2.32. The highest BCUT2D eigenvalue weighted by Crippen LogP contribution is 2.28. The topological polar surface area (TPSA) is 32.7 Å². The monoisotopic (exact) mass is 405 g/mol. The Morgan fingerprint density at radius 1 is 1.35 bits per heavy atom. The summed E-state index contributed by atoms with van der Waals surface area (Å²) in [5, 5.41) is 10.1. The van der Waals surface area contributed by atoms with Gasteiger partial charge in [0, 0.05) is 11.0 Å². The summed E-state index contributed by atoms with van der Waals surface area (Å²) in [7, 11) is 0. The molecule has 0 spiro atoms. The Hall–Kier alpha value is -0.100.